The number of H-pyrrole nitrogens is 1. The van der Waals surface area contributed by atoms with Gasteiger partial charge in [0.15, 0.2) is 0 Å². The van der Waals surface area contributed by atoms with E-state index in [-0.39, 0.29) is 11.5 Å². The molecule has 1 aromatic carbocycles. The van der Waals surface area contributed by atoms with Gasteiger partial charge in [-0.25, -0.2) is 5.10 Å². The number of aryl methyl sites for hydroxylation is 1. The van der Waals surface area contributed by atoms with Gasteiger partial charge in [0.25, 0.3) is 5.56 Å². The highest BCUT2D eigenvalue weighted by atomic mass is 79.9. The standard InChI is InChI=1S/C16H17BrCl2N2O.C2H6/c1-9(2)12-7-11(20-21-16(12)22)8-13-14(18)5-10(3-4-17)6-15(13)19;1-2/h5-7,9H,3-4,8H2,1-2H3,(H,21,22);1-2H3. The van der Waals surface area contributed by atoms with Crippen LogP contribution in [0, 0.1) is 0 Å². The number of benzene rings is 1. The van der Waals surface area contributed by atoms with Crippen LogP contribution in [0.4, 0.5) is 0 Å². The molecule has 1 N–H and O–H groups in total. The summed E-state index contributed by atoms with van der Waals surface area (Å²) in [6.07, 6.45) is 1.36. The average Bonchev–Trinajstić information content (AvgIpc) is 2.54. The number of hydrogen-bond acceptors (Lipinski definition) is 2. The molecular weight excluding hydrogens is 411 g/mol. The lowest BCUT2D eigenvalue weighted by Crippen LogP contribution is -2.17. The van der Waals surface area contributed by atoms with Crippen molar-refractivity contribution >= 4 is 39.1 Å². The zero-order valence-corrected chi connectivity index (χ0v) is 17.5. The van der Waals surface area contributed by atoms with Crippen molar-refractivity contribution < 1.29 is 0 Å². The Kier molecular flexibility index (Phi) is 9.03. The van der Waals surface area contributed by atoms with Gasteiger partial charge in [-0.1, -0.05) is 66.8 Å². The molecule has 2 rings (SSSR count). The van der Waals surface area contributed by atoms with Crippen LogP contribution < -0.4 is 5.56 Å². The van der Waals surface area contributed by atoms with Crippen molar-refractivity contribution in [2.24, 2.45) is 0 Å². The topological polar surface area (TPSA) is 45.8 Å². The Morgan fingerprint density at radius 1 is 1.17 bits per heavy atom. The molecule has 0 atom stereocenters. The van der Waals surface area contributed by atoms with Gasteiger partial charge in [0.1, 0.15) is 0 Å². The molecule has 0 fully saturated rings. The van der Waals surface area contributed by atoms with E-state index in [0.717, 1.165) is 28.6 Å². The van der Waals surface area contributed by atoms with Crippen LogP contribution in [0.5, 0.6) is 0 Å². The lowest BCUT2D eigenvalue weighted by Gasteiger charge is -2.11. The van der Waals surface area contributed by atoms with E-state index in [9.17, 15) is 4.79 Å². The van der Waals surface area contributed by atoms with Gasteiger partial charge in [-0.2, -0.15) is 5.10 Å². The van der Waals surface area contributed by atoms with Gasteiger partial charge in [-0.05, 0) is 41.7 Å². The SMILES string of the molecule is CC.CC(C)c1cc(Cc2c(Cl)cc(CCBr)cc2Cl)n[nH]c1=O. The molecule has 1 heterocycles. The molecule has 0 amide bonds. The van der Waals surface area contributed by atoms with Gasteiger partial charge < -0.3 is 0 Å². The summed E-state index contributed by atoms with van der Waals surface area (Å²) in [7, 11) is 0. The fourth-order valence-electron chi connectivity index (χ4n) is 2.24. The van der Waals surface area contributed by atoms with Crippen molar-refractivity contribution in [2.75, 3.05) is 5.33 Å². The van der Waals surface area contributed by atoms with E-state index >= 15 is 0 Å². The van der Waals surface area contributed by atoms with Crippen LogP contribution in [0.2, 0.25) is 10.0 Å². The Labute approximate surface area is 161 Å². The van der Waals surface area contributed by atoms with Crippen LogP contribution in [0.1, 0.15) is 56.0 Å². The predicted molar refractivity (Wildman–Crippen MR) is 107 cm³/mol. The van der Waals surface area contributed by atoms with E-state index in [0.29, 0.717) is 22.0 Å². The Morgan fingerprint density at radius 2 is 1.75 bits per heavy atom. The van der Waals surface area contributed by atoms with E-state index in [2.05, 4.69) is 26.1 Å². The minimum absolute atomic E-state index is 0.137. The summed E-state index contributed by atoms with van der Waals surface area (Å²) < 4.78 is 0. The number of halogens is 3. The molecule has 0 saturated heterocycles. The molecule has 3 nitrogen and oxygen atoms in total. The van der Waals surface area contributed by atoms with Crippen LogP contribution in [0.25, 0.3) is 0 Å². The van der Waals surface area contributed by atoms with Gasteiger partial charge in [0.2, 0.25) is 0 Å². The van der Waals surface area contributed by atoms with Crippen molar-refractivity contribution in [3.8, 4) is 0 Å². The number of alkyl halides is 1. The molecule has 0 bridgehead atoms. The van der Waals surface area contributed by atoms with Gasteiger partial charge in [0.05, 0.1) is 5.69 Å². The van der Waals surface area contributed by atoms with Crippen LogP contribution in [0.15, 0.2) is 23.0 Å². The maximum atomic E-state index is 11.7. The highest BCUT2D eigenvalue weighted by molar-refractivity contribution is 9.09. The van der Waals surface area contributed by atoms with Crippen LogP contribution in [0.3, 0.4) is 0 Å². The van der Waals surface area contributed by atoms with E-state index in [1.807, 2.05) is 45.9 Å². The highest BCUT2D eigenvalue weighted by Crippen LogP contribution is 2.29. The second-order valence-corrected chi connectivity index (χ2v) is 7.06. The molecule has 0 saturated carbocycles. The Hall–Kier alpha value is -0.840. The van der Waals surface area contributed by atoms with Crippen molar-refractivity contribution in [3.05, 3.63) is 61.0 Å². The van der Waals surface area contributed by atoms with Crippen molar-refractivity contribution in [2.45, 2.75) is 46.5 Å². The summed E-state index contributed by atoms with van der Waals surface area (Å²) in [6, 6.07) is 5.68. The second kappa shape index (κ2) is 10.2. The lowest BCUT2D eigenvalue weighted by molar-refractivity contribution is 0.801. The minimum atomic E-state index is -0.149. The monoisotopic (exact) mass is 432 g/mol. The van der Waals surface area contributed by atoms with Gasteiger partial charge >= 0.3 is 0 Å². The van der Waals surface area contributed by atoms with Gasteiger partial charge in [0, 0.05) is 27.4 Å². The molecule has 0 aliphatic heterocycles. The highest BCUT2D eigenvalue weighted by Gasteiger charge is 2.12. The summed E-state index contributed by atoms with van der Waals surface area (Å²) in [5, 5.41) is 8.75. The van der Waals surface area contributed by atoms with Gasteiger partial charge in [-0.3, -0.25) is 4.79 Å². The third kappa shape index (κ3) is 5.61. The minimum Gasteiger partial charge on any atom is -0.268 e. The number of nitrogens with zero attached hydrogens (tertiary/aromatic N) is 1. The first-order valence-electron chi connectivity index (χ1n) is 8.03. The maximum absolute atomic E-state index is 11.7. The fourth-order valence-corrected chi connectivity index (χ4v) is 3.37. The first-order chi connectivity index (χ1) is 11.4. The summed E-state index contributed by atoms with van der Waals surface area (Å²) in [4.78, 5) is 11.7. The molecule has 0 aliphatic carbocycles. The zero-order chi connectivity index (χ0) is 18.3. The number of hydrogen-bond donors (Lipinski definition) is 1. The summed E-state index contributed by atoms with van der Waals surface area (Å²) >= 11 is 16.1. The van der Waals surface area contributed by atoms with E-state index in [4.69, 9.17) is 23.2 Å². The molecule has 132 valence electrons. The van der Waals surface area contributed by atoms with E-state index in [1.54, 1.807) is 0 Å². The van der Waals surface area contributed by atoms with Crippen LogP contribution in [-0.2, 0) is 12.8 Å². The van der Waals surface area contributed by atoms with E-state index < -0.39 is 0 Å². The second-order valence-electron chi connectivity index (χ2n) is 5.45. The quantitative estimate of drug-likeness (QED) is 0.609. The first-order valence-corrected chi connectivity index (χ1v) is 9.91. The van der Waals surface area contributed by atoms with Crippen molar-refractivity contribution in [1.29, 1.82) is 0 Å². The molecule has 0 aliphatic rings. The third-order valence-electron chi connectivity index (χ3n) is 3.45. The molecule has 0 spiro atoms. The molecular formula is C18H23BrCl2N2O. The number of aromatic amines is 1. The predicted octanol–water partition coefficient (Wildman–Crippen LogP) is 5.75. The maximum Gasteiger partial charge on any atom is 0.267 e. The molecule has 0 unspecified atom stereocenters. The van der Waals surface area contributed by atoms with Crippen molar-refractivity contribution in [3.63, 3.8) is 0 Å². The van der Waals surface area contributed by atoms with Gasteiger partial charge in [-0.15, -0.1) is 0 Å². The van der Waals surface area contributed by atoms with Crippen LogP contribution in [-0.4, -0.2) is 15.5 Å². The third-order valence-corrected chi connectivity index (χ3v) is 4.52. The van der Waals surface area contributed by atoms with E-state index in [1.165, 1.54) is 0 Å². The average molecular weight is 434 g/mol. The molecule has 6 heteroatoms. The summed E-state index contributed by atoms with van der Waals surface area (Å²) in [6.45, 7) is 7.95. The summed E-state index contributed by atoms with van der Waals surface area (Å²) in [5.74, 6) is 0.137. The van der Waals surface area contributed by atoms with Crippen molar-refractivity contribution in [1.82, 2.24) is 10.2 Å². The Morgan fingerprint density at radius 3 is 2.25 bits per heavy atom. The largest absolute Gasteiger partial charge is 0.268 e. The Balaban J connectivity index is 0.00000139. The first kappa shape index (κ1) is 21.2. The number of nitrogens with one attached hydrogen (secondary N) is 1. The normalized spacial score (nSPS) is 10.5. The smallest absolute Gasteiger partial charge is 0.267 e. The molecule has 0 radical (unpaired) electrons. The van der Waals surface area contributed by atoms with Crippen LogP contribution >= 0.6 is 39.1 Å². The zero-order valence-electron chi connectivity index (χ0n) is 14.4. The number of rotatable bonds is 5. The fraction of sp³-hybridized carbons (Fsp3) is 0.444. The summed E-state index contributed by atoms with van der Waals surface area (Å²) in [5.41, 5.74) is 3.24. The molecule has 2 aromatic rings. The number of aromatic nitrogens is 2. The lowest BCUT2D eigenvalue weighted by atomic mass is 10.0. The molecule has 1 aromatic heterocycles. The molecule has 24 heavy (non-hydrogen) atoms. The Bertz CT molecular complexity index is 706.